The quantitative estimate of drug-likeness (QED) is 0.455. The van der Waals surface area contributed by atoms with Gasteiger partial charge in [0.2, 0.25) is 5.91 Å². The largest absolute Gasteiger partial charge is 0.417 e. The summed E-state index contributed by atoms with van der Waals surface area (Å²) in [6.45, 7) is 2.34. The van der Waals surface area contributed by atoms with Crippen molar-refractivity contribution in [1.82, 2.24) is 15.2 Å². The van der Waals surface area contributed by atoms with E-state index < -0.39 is 11.7 Å². The summed E-state index contributed by atoms with van der Waals surface area (Å²) in [5.41, 5.74) is 0.676. The number of anilines is 1. The standard InChI is InChI=1S/C21H20ClF3N4O3/c1-12-4-5-14-15(9-12)20(32)29(19(14)31)8-2-3-17(30)26-6-7-27-18-16(22)10-13(11-28-18)21(23,24)25/h4-5,9-11H,2-3,6-8H2,1H3,(H,26,30)(H,27,28). The van der Waals surface area contributed by atoms with Crippen molar-refractivity contribution in [3.63, 3.8) is 0 Å². The Labute approximate surface area is 186 Å². The molecule has 0 saturated heterocycles. The smallest absolute Gasteiger partial charge is 0.367 e. The first-order valence-corrected chi connectivity index (χ1v) is 10.2. The molecule has 1 aromatic carbocycles. The molecule has 2 aromatic rings. The third-order valence-electron chi connectivity index (χ3n) is 4.82. The fraction of sp³-hybridized carbons (Fsp3) is 0.333. The predicted molar refractivity (Wildman–Crippen MR) is 112 cm³/mol. The molecule has 2 N–H and O–H groups in total. The molecule has 1 aliphatic heterocycles. The molecule has 0 saturated carbocycles. The molecule has 0 spiro atoms. The van der Waals surface area contributed by atoms with Gasteiger partial charge in [-0.05, 0) is 31.5 Å². The Hall–Kier alpha value is -3.14. The van der Waals surface area contributed by atoms with Crippen LogP contribution in [0.1, 0.15) is 44.7 Å². The molecule has 0 unspecified atom stereocenters. The number of hydrogen-bond acceptors (Lipinski definition) is 5. The second-order valence-electron chi connectivity index (χ2n) is 7.24. The van der Waals surface area contributed by atoms with E-state index in [0.29, 0.717) is 23.7 Å². The van der Waals surface area contributed by atoms with Crippen LogP contribution in [0.25, 0.3) is 0 Å². The van der Waals surface area contributed by atoms with Crippen LogP contribution in [0.5, 0.6) is 0 Å². The third-order valence-corrected chi connectivity index (χ3v) is 5.11. The molecule has 3 rings (SSSR count). The van der Waals surface area contributed by atoms with Crippen molar-refractivity contribution >= 4 is 35.1 Å². The summed E-state index contributed by atoms with van der Waals surface area (Å²) in [7, 11) is 0. The zero-order valence-corrected chi connectivity index (χ0v) is 17.8. The van der Waals surface area contributed by atoms with Crippen molar-refractivity contribution in [2.24, 2.45) is 0 Å². The van der Waals surface area contributed by atoms with Gasteiger partial charge in [-0.15, -0.1) is 0 Å². The molecule has 170 valence electrons. The van der Waals surface area contributed by atoms with E-state index in [2.05, 4.69) is 15.6 Å². The summed E-state index contributed by atoms with van der Waals surface area (Å²) in [4.78, 5) is 41.5. The second-order valence-corrected chi connectivity index (χ2v) is 7.65. The Morgan fingerprint density at radius 3 is 2.53 bits per heavy atom. The molecule has 3 amide bonds. The minimum atomic E-state index is -4.53. The van der Waals surface area contributed by atoms with Crippen molar-refractivity contribution in [3.05, 3.63) is 57.7 Å². The predicted octanol–water partition coefficient (Wildman–Crippen LogP) is 3.67. The minimum absolute atomic E-state index is 0.0785. The summed E-state index contributed by atoms with van der Waals surface area (Å²) >= 11 is 5.80. The van der Waals surface area contributed by atoms with Gasteiger partial charge >= 0.3 is 6.18 Å². The highest BCUT2D eigenvalue weighted by atomic mass is 35.5. The van der Waals surface area contributed by atoms with E-state index in [-0.39, 0.29) is 54.6 Å². The Bertz CT molecular complexity index is 1060. The van der Waals surface area contributed by atoms with Gasteiger partial charge in [-0.1, -0.05) is 23.2 Å². The maximum absolute atomic E-state index is 12.6. The number of imide groups is 1. The molecule has 0 radical (unpaired) electrons. The van der Waals surface area contributed by atoms with Gasteiger partial charge in [0.25, 0.3) is 11.8 Å². The topological polar surface area (TPSA) is 91.4 Å². The van der Waals surface area contributed by atoms with Crippen LogP contribution < -0.4 is 10.6 Å². The lowest BCUT2D eigenvalue weighted by atomic mass is 10.1. The van der Waals surface area contributed by atoms with Gasteiger partial charge in [0.1, 0.15) is 5.82 Å². The average molecular weight is 469 g/mol. The van der Waals surface area contributed by atoms with Crippen LogP contribution in [0, 0.1) is 6.92 Å². The van der Waals surface area contributed by atoms with Gasteiger partial charge in [-0.2, -0.15) is 13.2 Å². The molecule has 1 aromatic heterocycles. The number of hydrogen-bond donors (Lipinski definition) is 2. The number of carbonyl (C=O) groups is 3. The molecular weight excluding hydrogens is 449 g/mol. The maximum atomic E-state index is 12.6. The number of halogens is 4. The van der Waals surface area contributed by atoms with E-state index in [1.54, 1.807) is 18.2 Å². The Balaban J connectivity index is 1.38. The number of amides is 3. The number of rotatable bonds is 8. The molecule has 0 bridgehead atoms. The molecule has 2 heterocycles. The first kappa shape index (κ1) is 23.5. The van der Waals surface area contributed by atoms with Crippen LogP contribution in [-0.2, 0) is 11.0 Å². The molecule has 0 fully saturated rings. The Kier molecular flexibility index (Phi) is 7.02. The molecule has 0 atom stereocenters. The van der Waals surface area contributed by atoms with Crippen molar-refractivity contribution in [1.29, 1.82) is 0 Å². The van der Waals surface area contributed by atoms with Crippen LogP contribution >= 0.6 is 11.6 Å². The molecule has 1 aliphatic rings. The highest BCUT2D eigenvalue weighted by molar-refractivity contribution is 6.33. The van der Waals surface area contributed by atoms with E-state index in [9.17, 15) is 27.6 Å². The Morgan fingerprint density at radius 1 is 1.12 bits per heavy atom. The van der Waals surface area contributed by atoms with Crippen molar-refractivity contribution in [3.8, 4) is 0 Å². The summed E-state index contributed by atoms with van der Waals surface area (Å²) in [5.74, 6) is -0.935. The van der Waals surface area contributed by atoms with Gasteiger partial charge in [0.15, 0.2) is 0 Å². The van der Waals surface area contributed by atoms with Crippen LogP contribution in [0.2, 0.25) is 5.02 Å². The lowest BCUT2D eigenvalue weighted by molar-refractivity contribution is -0.137. The van der Waals surface area contributed by atoms with Gasteiger partial charge in [-0.25, -0.2) is 4.98 Å². The third kappa shape index (κ3) is 5.37. The van der Waals surface area contributed by atoms with Gasteiger partial charge in [0, 0.05) is 32.3 Å². The van der Waals surface area contributed by atoms with Crippen molar-refractivity contribution in [2.75, 3.05) is 25.0 Å². The summed E-state index contributed by atoms with van der Waals surface area (Å²) in [6, 6.07) is 5.84. The normalized spacial score (nSPS) is 13.3. The fourth-order valence-electron chi connectivity index (χ4n) is 3.20. The summed E-state index contributed by atoms with van der Waals surface area (Å²) in [6.07, 6.45) is -3.45. The number of aryl methyl sites for hydroxylation is 1. The molecule has 0 aliphatic carbocycles. The number of carbonyl (C=O) groups excluding carboxylic acids is 3. The number of benzene rings is 1. The van der Waals surface area contributed by atoms with Crippen LogP contribution in [-0.4, -0.2) is 47.2 Å². The van der Waals surface area contributed by atoms with E-state index in [0.717, 1.165) is 16.5 Å². The van der Waals surface area contributed by atoms with Crippen LogP contribution in [0.15, 0.2) is 30.5 Å². The first-order chi connectivity index (χ1) is 15.1. The Morgan fingerprint density at radius 2 is 1.84 bits per heavy atom. The lowest BCUT2D eigenvalue weighted by Gasteiger charge is -2.13. The molecule has 11 heteroatoms. The molecule has 32 heavy (non-hydrogen) atoms. The minimum Gasteiger partial charge on any atom is -0.367 e. The number of aromatic nitrogens is 1. The van der Waals surface area contributed by atoms with Crippen molar-refractivity contribution < 1.29 is 27.6 Å². The monoisotopic (exact) mass is 468 g/mol. The maximum Gasteiger partial charge on any atom is 0.417 e. The highest BCUT2D eigenvalue weighted by Crippen LogP contribution is 2.32. The number of nitrogens with zero attached hydrogens (tertiary/aromatic N) is 2. The van der Waals surface area contributed by atoms with E-state index in [4.69, 9.17) is 11.6 Å². The first-order valence-electron chi connectivity index (χ1n) is 9.78. The zero-order chi connectivity index (χ0) is 23.5. The fourth-order valence-corrected chi connectivity index (χ4v) is 3.43. The number of nitrogens with one attached hydrogen (secondary N) is 2. The van der Waals surface area contributed by atoms with E-state index in [1.165, 1.54) is 0 Å². The van der Waals surface area contributed by atoms with Crippen LogP contribution in [0.4, 0.5) is 19.0 Å². The summed E-state index contributed by atoms with van der Waals surface area (Å²) < 4.78 is 37.9. The van der Waals surface area contributed by atoms with Gasteiger partial charge in [0.05, 0.1) is 21.7 Å². The SMILES string of the molecule is Cc1ccc2c(c1)C(=O)N(CCCC(=O)NCCNc1ncc(C(F)(F)F)cc1Cl)C2=O. The second kappa shape index (κ2) is 9.56. The molecular formula is C21H20ClF3N4O3. The zero-order valence-electron chi connectivity index (χ0n) is 17.1. The van der Waals surface area contributed by atoms with Crippen LogP contribution in [0.3, 0.4) is 0 Å². The average Bonchev–Trinajstić information content (AvgIpc) is 2.95. The number of fused-ring (bicyclic) bond motifs is 1. The van der Waals surface area contributed by atoms with E-state index in [1.807, 2.05) is 6.92 Å². The van der Waals surface area contributed by atoms with Gasteiger partial charge < -0.3 is 10.6 Å². The lowest BCUT2D eigenvalue weighted by Crippen LogP contribution is -2.33. The van der Waals surface area contributed by atoms with Gasteiger partial charge in [-0.3, -0.25) is 19.3 Å². The van der Waals surface area contributed by atoms with E-state index >= 15 is 0 Å². The summed E-state index contributed by atoms with van der Waals surface area (Å²) in [5, 5.41) is 5.21. The molecule has 7 nitrogen and oxygen atoms in total. The highest BCUT2D eigenvalue weighted by Gasteiger charge is 2.35. The van der Waals surface area contributed by atoms with Crippen molar-refractivity contribution in [2.45, 2.75) is 25.9 Å². The number of alkyl halides is 3. The number of pyridine rings is 1.